The molecule has 0 saturated carbocycles. The number of hydrogen-bond acceptors (Lipinski definition) is 11. The van der Waals surface area contributed by atoms with E-state index >= 15 is 0 Å². The number of rotatable bonds is 6. The maximum Gasteiger partial charge on any atom is 0.237 e. The third kappa shape index (κ3) is 6.26. The molecule has 1 aromatic carbocycles. The van der Waals surface area contributed by atoms with Crippen molar-refractivity contribution in [2.45, 2.75) is 76.0 Å². The summed E-state index contributed by atoms with van der Waals surface area (Å²) in [5.41, 5.74) is 10.3. The highest BCUT2D eigenvalue weighted by Gasteiger charge is 2.51. The number of aliphatic hydroxyl groups is 2. The average Bonchev–Trinajstić information content (AvgIpc) is 3.33. The maximum absolute atomic E-state index is 13.4. The average molecular weight is 650 g/mol. The van der Waals surface area contributed by atoms with Gasteiger partial charge in [-0.2, -0.15) is 0 Å². The van der Waals surface area contributed by atoms with Crippen LogP contribution in [0.4, 0.5) is 11.4 Å². The zero-order chi connectivity index (χ0) is 32.8. The number of fused-ring (bicyclic) bond motifs is 1. The highest BCUT2D eigenvalue weighted by Crippen LogP contribution is 2.38. The van der Waals surface area contributed by atoms with E-state index in [4.69, 9.17) is 10.5 Å². The number of imide groups is 1. The van der Waals surface area contributed by atoms with Crippen LogP contribution < -0.4 is 20.7 Å². The van der Waals surface area contributed by atoms with Crippen molar-refractivity contribution in [1.82, 2.24) is 24.9 Å². The number of piperidine rings is 3. The molecule has 1 aliphatic carbocycles. The van der Waals surface area contributed by atoms with E-state index < -0.39 is 30.3 Å². The van der Waals surface area contributed by atoms with Crippen LogP contribution in [0.1, 0.15) is 44.1 Å². The van der Waals surface area contributed by atoms with Crippen molar-refractivity contribution in [3.63, 3.8) is 0 Å². The number of carbonyl (C=O) groups excluding carboxylic acids is 2. The van der Waals surface area contributed by atoms with Gasteiger partial charge in [-0.25, -0.2) is 0 Å². The second-order valence-corrected chi connectivity index (χ2v) is 14.2. The van der Waals surface area contributed by atoms with Crippen LogP contribution in [-0.2, 0) is 9.59 Å². The lowest BCUT2D eigenvalue weighted by molar-refractivity contribution is -0.149. The first-order valence-corrected chi connectivity index (χ1v) is 17.5. The summed E-state index contributed by atoms with van der Waals surface area (Å²) < 4.78 is 5.48. The number of ether oxygens (including phenoxy) is 1. The first-order valence-electron chi connectivity index (χ1n) is 17.5. The highest BCUT2D eigenvalue weighted by atomic mass is 16.5. The second-order valence-electron chi connectivity index (χ2n) is 14.2. The number of likely N-dealkylation sites (tertiary alicyclic amines) is 2. The monoisotopic (exact) mass is 649 g/mol. The standard InChI is InChI=1S/C35H51N7O5/c1-22-19-28(36)31(47-2)21-30(22)41-13-9-24(10-14-41)40-17-15-39(16-18-40)23-7-11-38(12-8-23)25-3-4-26-27(20-25)35(46)42(34(26)45)29-5-6-32(43)37-33(29)44/h3-4,19-21,23-24,26-27,29,32-33,37,43-44H,5-18,36H2,1-2H3. The Labute approximate surface area is 277 Å². The molecule has 256 valence electrons. The molecule has 5 atom stereocenters. The summed E-state index contributed by atoms with van der Waals surface area (Å²) in [6.45, 7) is 10.5. The number of anilines is 2. The van der Waals surface area contributed by atoms with Gasteiger partial charge in [-0.05, 0) is 69.2 Å². The normalized spacial score (nSPS) is 31.8. The van der Waals surface area contributed by atoms with Crippen LogP contribution in [0, 0.1) is 18.8 Å². The number of piperazine rings is 1. The van der Waals surface area contributed by atoms with Crippen LogP contribution in [0.15, 0.2) is 36.1 Å². The highest BCUT2D eigenvalue weighted by molar-refractivity contribution is 6.07. The van der Waals surface area contributed by atoms with Crippen molar-refractivity contribution in [2.75, 3.05) is 70.1 Å². The quantitative estimate of drug-likeness (QED) is 0.260. The van der Waals surface area contributed by atoms with Gasteiger partial charge in [0.15, 0.2) is 0 Å². The molecule has 0 aromatic heterocycles. The van der Waals surface area contributed by atoms with E-state index in [1.807, 2.05) is 24.3 Å². The lowest BCUT2D eigenvalue weighted by atomic mass is 9.89. The summed E-state index contributed by atoms with van der Waals surface area (Å²) >= 11 is 0. The number of hydrogen-bond donors (Lipinski definition) is 4. The van der Waals surface area contributed by atoms with E-state index in [1.165, 1.54) is 29.0 Å². The molecule has 1 aromatic rings. The summed E-state index contributed by atoms with van der Waals surface area (Å²) in [5, 5.41) is 22.9. The number of amides is 2. The molecule has 7 rings (SSSR count). The molecular weight excluding hydrogens is 598 g/mol. The van der Waals surface area contributed by atoms with Crippen LogP contribution in [-0.4, -0.2) is 132 Å². The summed E-state index contributed by atoms with van der Waals surface area (Å²) in [6.07, 6.45) is 9.18. The van der Waals surface area contributed by atoms with Crippen molar-refractivity contribution >= 4 is 23.2 Å². The van der Waals surface area contributed by atoms with Gasteiger partial charge in [0.25, 0.3) is 0 Å². The number of aryl methyl sites for hydroxylation is 1. The topological polar surface area (TPSA) is 138 Å². The van der Waals surface area contributed by atoms with Gasteiger partial charge >= 0.3 is 0 Å². The van der Waals surface area contributed by atoms with Gasteiger partial charge in [0, 0.05) is 81.9 Å². The number of nitrogen functional groups attached to an aromatic ring is 1. The SMILES string of the molecule is COc1cc(N2CCC(N3CCN(C4CCN(C5=CC6C(=O)N(C7CCC(O)NC7O)C(=O)C6C=C5)CC4)CC3)CC2)c(C)cc1N. The molecule has 12 nitrogen and oxygen atoms in total. The fraction of sp³-hybridized carbons (Fsp3) is 0.657. The number of nitrogens with one attached hydrogen (secondary N) is 1. The predicted octanol–water partition coefficient (Wildman–Crippen LogP) is 1.08. The molecule has 5 saturated heterocycles. The minimum Gasteiger partial charge on any atom is -0.495 e. The van der Waals surface area contributed by atoms with Crippen LogP contribution in [0.3, 0.4) is 0 Å². The van der Waals surface area contributed by atoms with Crippen molar-refractivity contribution in [2.24, 2.45) is 11.8 Å². The van der Waals surface area contributed by atoms with Gasteiger partial charge in [-0.3, -0.25) is 29.6 Å². The number of allylic oxidation sites excluding steroid dienone is 1. The fourth-order valence-corrected chi connectivity index (χ4v) is 8.89. The summed E-state index contributed by atoms with van der Waals surface area (Å²) in [6, 6.07) is 4.66. The number of nitrogens with two attached hydrogens (primary N) is 1. The van der Waals surface area contributed by atoms with E-state index in [2.05, 4.69) is 37.9 Å². The molecule has 0 radical (unpaired) electrons. The van der Waals surface area contributed by atoms with Crippen LogP contribution >= 0.6 is 0 Å². The van der Waals surface area contributed by atoms with Crippen molar-refractivity contribution in [1.29, 1.82) is 0 Å². The number of carbonyl (C=O) groups is 2. The Morgan fingerprint density at radius 3 is 2.00 bits per heavy atom. The molecule has 5 N–H and O–H groups in total. The number of benzene rings is 1. The van der Waals surface area contributed by atoms with Gasteiger partial charge in [0.1, 0.15) is 18.2 Å². The largest absolute Gasteiger partial charge is 0.495 e. The van der Waals surface area contributed by atoms with Gasteiger partial charge in [0.05, 0.1) is 30.7 Å². The van der Waals surface area contributed by atoms with E-state index in [0.717, 1.165) is 76.6 Å². The van der Waals surface area contributed by atoms with Gasteiger partial charge in [-0.15, -0.1) is 0 Å². The zero-order valence-electron chi connectivity index (χ0n) is 27.8. The number of nitrogens with zero attached hydrogens (tertiary/aromatic N) is 5. The molecule has 47 heavy (non-hydrogen) atoms. The summed E-state index contributed by atoms with van der Waals surface area (Å²) in [4.78, 5) is 38.1. The van der Waals surface area contributed by atoms with Crippen molar-refractivity contribution < 1.29 is 24.5 Å². The Morgan fingerprint density at radius 1 is 0.809 bits per heavy atom. The molecule has 5 unspecified atom stereocenters. The molecule has 0 bridgehead atoms. The van der Waals surface area contributed by atoms with Crippen LogP contribution in [0.2, 0.25) is 0 Å². The Bertz CT molecular complexity index is 1390. The van der Waals surface area contributed by atoms with Gasteiger partial charge in [0.2, 0.25) is 11.8 Å². The minimum absolute atomic E-state index is 0.247. The molecule has 5 aliphatic heterocycles. The number of aliphatic hydroxyl groups excluding tert-OH is 2. The van der Waals surface area contributed by atoms with E-state index in [-0.39, 0.29) is 11.8 Å². The lowest BCUT2D eigenvalue weighted by Crippen LogP contribution is -2.58. The third-order valence-electron chi connectivity index (χ3n) is 11.6. The zero-order valence-corrected chi connectivity index (χ0v) is 27.8. The predicted molar refractivity (Wildman–Crippen MR) is 179 cm³/mol. The van der Waals surface area contributed by atoms with Crippen LogP contribution in [0.5, 0.6) is 5.75 Å². The maximum atomic E-state index is 13.4. The fourth-order valence-electron chi connectivity index (χ4n) is 8.89. The molecule has 6 aliphatic rings. The molecule has 12 heteroatoms. The minimum atomic E-state index is -1.12. The molecule has 2 amide bonds. The first-order chi connectivity index (χ1) is 22.7. The Morgan fingerprint density at radius 2 is 1.40 bits per heavy atom. The van der Waals surface area contributed by atoms with E-state index in [9.17, 15) is 19.8 Å². The third-order valence-corrected chi connectivity index (χ3v) is 11.6. The van der Waals surface area contributed by atoms with Crippen LogP contribution in [0.25, 0.3) is 0 Å². The lowest BCUT2D eigenvalue weighted by Gasteiger charge is -2.47. The van der Waals surface area contributed by atoms with E-state index in [0.29, 0.717) is 30.6 Å². The molecule has 0 spiro atoms. The Balaban J connectivity index is 0.877. The smallest absolute Gasteiger partial charge is 0.237 e. The van der Waals surface area contributed by atoms with Gasteiger partial charge in [-0.1, -0.05) is 6.08 Å². The van der Waals surface area contributed by atoms with Gasteiger partial charge < -0.3 is 30.5 Å². The molecular formula is C35H51N7O5. The first kappa shape index (κ1) is 32.4. The van der Waals surface area contributed by atoms with Crippen molar-refractivity contribution in [3.05, 3.63) is 41.6 Å². The molecule has 5 fully saturated rings. The molecule has 5 heterocycles. The Hall–Kier alpha value is -3.16. The van der Waals surface area contributed by atoms with Crippen molar-refractivity contribution in [3.8, 4) is 5.75 Å². The Kier molecular flexibility index (Phi) is 9.23. The summed E-state index contributed by atoms with van der Waals surface area (Å²) in [7, 11) is 1.67. The second kappa shape index (κ2) is 13.4. The summed E-state index contributed by atoms with van der Waals surface area (Å²) in [5.74, 6) is -0.800. The number of methoxy groups -OCH3 is 1. The van der Waals surface area contributed by atoms with E-state index in [1.54, 1.807) is 7.11 Å².